The highest BCUT2D eigenvalue weighted by Crippen LogP contribution is 2.36. The fourth-order valence-electron chi connectivity index (χ4n) is 2.50. The van der Waals surface area contributed by atoms with Gasteiger partial charge in [0, 0.05) is 11.4 Å². The van der Waals surface area contributed by atoms with Gasteiger partial charge in [0.2, 0.25) is 5.91 Å². The van der Waals surface area contributed by atoms with Gasteiger partial charge in [-0.25, -0.2) is 0 Å². The van der Waals surface area contributed by atoms with E-state index in [2.05, 4.69) is 26.1 Å². The van der Waals surface area contributed by atoms with Crippen LogP contribution in [0.5, 0.6) is 0 Å². The number of nitrogens with one attached hydrogen (secondary N) is 1. The molecule has 0 aliphatic carbocycles. The van der Waals surface area contributed by atoms with E-state index in [1.165, 1.54) is 17.7 Å². The van der Waals surface area contributed by atoms with Crippen molar-refractivity contribution in [3.8, 4) is 0 Å². The van der Waals surface area contributed by atoms with E-state index in [1.807, 2.05) is 24.3 Å². The average Bonchev–Trinajstić information content (AvgIpc) is 2.53. The van der Waals surface area contributed by atoms with Gasteiger partial charge in [-0.15, -0.1) is 0 Å². The Morgan fingerprint density at radius 3 is 2.19 bits per heavy atom. The van der Waals surface area contributed by atoms with E-state index in [9.17, 15) is 18.0 Å². The molecule has 0 aromatic heterocycles. The van der Waals surface area contributed by atoms with E-state index in [1.54, 1.807) is 0 Å². The van der Waals surface area contributed by atoms with Crippen molar-refractivity contribution in [2.75, 3.05) is 5.32 Å². The predicted octanol–water partition coefficient (Wildman–Crippen LogP) is 6.23. The first-order valence-electron chi connectivity index (χ1n) is 8.23. The number of carbonyl (C=O) groups is 1. The zero-order chi connectivity index (χ0) is 19.5. The summed E-state index contributed by atoms with van der Waals surface area (Å²) in [6.45, 7) is 6.33. The van der Waals surface area contributed by atoms with E-state index in [-0.39, 0.29) is 22.5 Å². The lowest BCUT2D eigenvalue weighted by Crippen LogP contribution is -2.17. The van der Waals surface area contributed by atoms with Gasteiger partial charge in [-0.3, -0.25) is 4.79 Å². The van der Waals surface area contributed by atoms with Gasteiger partial charge in [-0.05, 0) is 41.2 Å². The molecule has 140 valence electrons. The van der Waals surface area contributed by atoms with E-state index >= 15 is 0 Å². The Morgan fingerprint density at radius 1 is 1.04 bits per heavy atom. The van der Waals surface area contributed by atoms with Crippen molar-refractivity contribution in [1.82, 2.24) is 0 Å². The molecule has 0 saturated carbocycles. The van der Waals surface area contributed by atoms with Gasteiger partial charge in [0.05, 0.1) is 11.3 Å². The van der Waals surface area contributed by atoms with Crippen molar-refractivity contribution in [1.29, 1.82) is 0 Å². The van der Waals surface area contributed by atoms with Gasteiger partial charge in [-0.1, -0.05) is 56.6 Å². The topological polar surface area (TPSA) is 29.1 Å². The number of amides is 1. The normalized spacial score (nSPS) is 12.1. The second kappa shape index (κ2) is 7.70. The molecule has 26 heavy (non-hydrogen) atoms. The average molecular weight is 384 g/mol. The lowest BCUT2D eigenvalue weighted by molar-refractivity contribution is -0.137. The number of hydrogen-bond donors (Lipinski definition) is 1. The van der Waals surface area contributed by atoms with Crippen LogP contribution < -0.4 is 5.32 Å². The molecule has 0 bridgehead atoms. The van der Waals surface area contributed by atoms with Gasteiger partial charge in [0.15, 0.2) is 0 Å². The van der Waals surface area contributed by atoms with Crippen molar-refractivity contribution in [2.24, 2.45) is 0 Å². The Bertz CT molecular complexity index is 777. The SMILES string of the molecule is CC(C)(C)c1ccc(CCC(=O)Nc2ccc(Cl)cc2C(F)(F)F)cc1. The van der Waals surface area contributed by atoms with Gasteiger partial charge in [0.1, 0.15) is 0 Å². The van der Waals surface area contributed by atoms with E-state index in [0.717, 1.165) is 11.6 Å². The van der Waals surface area contributed by atoms with Crippen molar-refractivity contribution in [3.63, 3.8) is 0 Å². The largest absolute Gasteiger partial charge is 0.418 e. The van der Waals surface area contributed by atoms with Gasteiger partial charge >= 0.3 is 6.18 Å². The van der Waals surface area contributed by atoms with Crippen LogP contribution in [-0.4, -0.2) is 5.91 Å². The summed E-state index contributed by atoms with van der Waals surface area (Å²) >= 11 is 5.63. The summed E-state index contributed by atoms with van der Waals surface area (Å²) in [4.78, 5) is 12.1. The number of halogens is 4. The zero-order valence-electron chi connectivity index (χ0n) is 14.9. The van der Waals surface area contributed by atoms with E-state index in [0.29, 0.717) is 6.42 Å². The predicted molar refractivity (Wildman–Crippen MR) is 98.5 cm³/mol. The second-order valence-electron chi connectivity index (χ2n) is 7.18. The molecule has 0 aliphatic rings. The van der Waals surface area contributed by atoms with Crippen molar-refractivity contribution in [3.05, 3.63) is 64.2 Å². The summed E-state index contributed by atoms with van der Waals surface area (Å²) in [5.41, 5.74) is 0.947. The summed E-state index contributed by atoms with van der Waals surface area (Å²) in [6, 6.07) is 11.2. The smallest absolute Gasteiger partial charge is 0.325 e. The van der Waals surface area contributed by atoms with Crippen LogP contribution in [0.25, 0.3) is 0 Å². The fourth-order valence-corrected chi connectivity index (χ4v) is 2.67. The van der Waals surface area contributed by atoms with Crippen LogP contribution >= 0.6 is 11.6 Å². The van der Waals surface area contributed by atoms with Crippen LogP contribution in [0.2, 0.25) is 5.02 Å². The lowest BCUT2D eigenvalue weighted by atomic mass is 9.86. The molecule has 6 heteroatoms. The zero-order valence-corrected chi connectivity index (χ0v) is 15.6. The van der Waals surface area contributed by atoms with Crippen molar-refractivity contribution >= 4 is 23.2 Å². The summed E-state index contributed by atoms with van der Waals surface area (Å²) in [5.74, 6) is -0.474. The Balaban J connectivity index is 2.02. The van der Waals surface area contributed by atoms with Crippen LogP contribution in [0, 0.1) is 0 Å². The molecule has 0 aliphatic heterocycles. The number of aryl methyl sites for hydroxylation is 1. The minimum Gasteiger partial charge on any atom is -0.325 e. The Labute approximate surface area is 156 Å². The highest BCUT2D eigenvalue weighted by Gasteiger charge is 2.34. The third kappa shape index (κ3) is 5.49. The molecular weight excluding hydrogens is 363 g/mol. The monoisotopic (exact) mass is 383 g/mol. The molecule has 0 unspecified atom stereocenters. The maximum absolute atomic E-state index is 13.1. The molecule has 2 nitrogen and oxygen atoms in total. The van der Waals surface area contributed by atoms with Gasteiger partial charge in [0.25, 0.3) is 0 Å². The summed E-state index contributed by atoms with van der Waals surface area (Å²) < 4.78 is 39.2. The quantitative estimate of drug-likeness (QED) is 0.666. The summed E-state index contributed by atoms with van der Waals surface area (Å²) in [5, 5.41) is 2.30. The molecule has 0 radical (unpaired) electrons. The molecule has 0 atom stereocenters. The number of rotatable bonds is 4. The van der Waals surface area contributed by atoms with E-state index < -0.39 is 17.6 Å². The van der Waals surface area contributed by atoms with Crippen LogP contribution in [-0.2, 0) is 22.8 Å². The fraction of sp³-hybridized carbons (Fsp3) is 0.350. The Hall–Kier alpha value is -2.01. The molecule has 0 saturated heterocycles. The van der Waals surface area contributed by atoms with Crippen LogP contribution in [0.1, 0.15) is 43.9 Å². The maximum Gasteiger partial charge on any atom is 0.418 e. The van der Waals surface area contributed by atoms with Crippen LogP contribution in [0.3, 0.4) is 0 Å². The molecular formula is C20H21ClF3NO. The minimum absolute atomic E-state index is 0.0331. The first kappa shape index (κ1) is 20.3. The Kier molecular flexibility index (Phi) is 6.02. The molecule has 1 amide bonds. The third-order valence-electron chi connectivity index (χ3n) is 4.02. The lowest BCUT2D eigenvalue weighted by Gasteiger charge is -2.19. The molecule has 0 heterocycles. The van der Waals surface area contributed by atoms with Crippen LogP contribution in [0.15, 0.2) is 42.5 Å². The number of anilines is 1. The van der Waals surface area contributed by atoms with Crippen LogP contribution in [0.4, 0.5) is 18.9 Å². The molecule has 2 rings (SSSR count). The van der Waals surface area contributed by atoms with Crippen molar-refractivity contribution < 1.29 is 18.0 Å². The second-order valence-corrected chi connectivity index (χ2v) is 7.62. The summed E-state index contributed by atoms with van der Waals surface area (Å²) in [7, 11) is 0. The highest BCUT2D eigenvalue weighted by atomic mass is 35.5. The third-order valence-corrected chi connectivity index (χ3v) is 4.26. The minimum atomic E-state index is -4.59. The first-order valence-corrected chi connectivity index (χ1v) is 8.60. The Morgan fingerprint density at radius 2 is 1.65 bits per heavy atom. The van der Waals surface area contributed by atoms with Gasteiger partial charge < -0.3 is 5.32 Å². The highest BCUT2D eigenvalue weighted by molar-refractivity contribution is 6.30. The first-order chi connectivity index (χ1) is 12.0. The van der Waals surface area contributed by atoms with E-state index in [4.69, 9.17) is 11.6 Å². The molecule has 1 N–H and O–H groups in total. The van der Waals surface area contributed by atoms with Gasteiger partial charge in [-0.2, -0.15) is 13.2 Å². The molecule has 2 aromatic rings. The number of hydrogen-bond acceptors (Lipinski definition) is 1. The summed E-state index contributed by atoms with van der Waals surface area (Å²) in [6.07, 6.45) is -4.05. The number of alkyl halides is 3. The molecule has 0 spiro atoms. The standard InChI is InChI=1S/C20H21ClF3NO/c1-19(2,3)14-7-4-13(5-8-14)6-11-18(26)25-17-10-9-15(21)12-16(17)20(22,23)24/h4-5,7-10,12H,6,11H2,1-3H3,(H,25,26). The molecule has 2 aromatic carbocycles. The maximum atomic E-state index is 13.1. The number of benzene rings is 2. The van der Waals surface area contributed by atoms with Crippen molar-refractivity contribution in [2.45, 2.75) is 45.2 Å². The number of carbonyl (C=O) groups excluding carboxylic acids is 1. The molecule has 0 fully saturated rings.